The van der Waals surface area contributed by atoms with E-state index < -0.39 is 24.6 Å². The van der Waals surface area contributed by atoms with Gasteiger partial charge in [0.05, 0.1) is 54.6 Å². The van der Waals surface area contributed by atoms with Crippen molar-refractivity contribution in [1.82, 2.24) is 29.3 Å². The van der Waals surface area contributed by atoms with Gasteiger partial charge in [-0.3, -0.25) is 9.67 Å². The fourth-order valence-corrected chi connectivity index (χ4v) is 4.77. The van der Waals surface area contributed by atoms with Crippen LogP contribution in [0.25, 0.3) is 16.6 Å². The Bertz CT molecular complexity index is 1430. The van der Waals surface area contributed by atoms with E-state index in [-0.39, 0.29) is 12.6 Å². The van der Waals surface area contributed by atoms with Crippen molar-refractivity contribution >= 4 is 17.1 Å². The summed E-state index contributed by atoms with van der Waals surface area (Å²) in [7, 11) is 0. The first-order valence-corrected chi connectivity index (χ1v) is 11.7. The third-order valence-corrected chi connectivity index (χ3v) is 6.68. The van der Waals surface area contributed by atoms with E-state index >= 15 is 0 Å². The topological polar surface area (TPSA) is 125 Å². The third-order valence-electron chi connectivity index (χ3n) is 6.40. The van der Waals surface area contributed by atoms with Crippen LogP contribution in [0.1, 0.15) is 30.0 Å². The van der Waals surface area contributed by atoms with E-state index in [9.17, 15) is 14.6 Å². The minimum atomic E-state index is -0.861. The van der Waals surface area contributed by atoms with Gasteiger partial charge in [0.2, 0.25) is 0 Å². The first-order chi connectivity index (χ1) is 17.4. The molecule has 12 heteroatoms. The summed E-state index contributed by atoms with van der Waals surface area (Å²) in [6.07, 6.45) is 7.13. The molecule has 36 heavy (non-hydrogen) atoms. The number of aromatic nitrogens is 5. The highest BCUT2D eigenvalue weighted by atomic mass is 35.5. The van der Waals surface area contributed by atoms with Crippen LogP contribution in [0.4, 0.5) is 4.39 Å². The summed E-state index contributed by atoms with van der Waals surface area (Å²) < 4.78 is 22.8. The second kappa shape index (κ2) is 9.73. The molecule has 4 aromatic heterocycles. The molecular formula is C24H23ClFN7O3. The molecule has 0 spiro atoms. The zero-order valence-corrected chi connectivity index (χ0v) is 20.0. The molecule has 2 N–H and O–H groups in total. The molecule has 1 saturated heterocycles. The van der Waals surface area contributed by atoms with E-state index in [4.69, 9.17) is 21.6 Å². The van der Waals surface area contributed by atoms with Crippen molar-refractivity contribution < 1.29 is 19.3 Å². The molecule has 5 rings (SSSR count). The van der Waals surface area contributed by atoms with Crippen LogP contribution in [-0.2, 0) is 0 Å². The van der Waals surface area contributed by atoms with E-state index in [0.717, 1.165) is 23.0 Å². The van der Waals surface area contributed by atoms with Gasteiger partial charge >= 0.3 is 0 Å². The summed E-state index contributed by atoms with van der Waals surface area (Å²) >= 11 is 6.38. The molecule has 1 aliphatic rings. The Hall–Kier alpha value is -3.72. The van der Waals surface area contributed by atoms with Crippen LogP contribution < -0.4 is 4.74 Å². The first-order valence-electron chi connectivity index (χ1n) is 11.3. The van der Waals surface area contributed by atoms with Gasteiger partial charge < -0.3 is 19.8 Å². The highest BCUT2D eigenvalue weighted by Crippen LogP contribution is 2.36. The van der Waals surface area contributed by atoms with Gasteiger partial charge in [-0.05, 0) is 31.5 Å². The minimum absolute atomic E-state index is 0.255. The van der Waals surface area contributed by atoms with Crippen molar-refractivity contribution in [2.75, 3.05) is 19.7 Å². The average molecular weight is 512 g/mol. The molecule has 3 atom stereocenters. The van der Waals surface area contributed by atoms with Gasteiger partial charge in [0.1, 0.15) is 17.1 Å². The molecule has 0 saturated carbocycles. The van der Waals surface area contributed by atoms with E-state index in [1.54, 1.807) is 27.7 Å². The lowest BCUT2D eigenvalue weighted by Gasteiger charge is -2.33. The molecule has 0 radical (unpaired) electrons. The minimum Gasteiger partial charge on any atom is -0.479 e. The summed E-state index contributed by atoms with van der Waals surface area (Å²) in [4.78, 5) is 5.56. The number of pyridine rings is 2. The lowest BCUT2D eigenvalue weighted by atomic mass is 10.0. The molecule has 0 aliphatic carbocycles. The molecule has 1 aliphatic heterocycles. The maximum Gasteiger partial charge on any atom is 0.179 e. The van der Waals surface area contributed by atoms with Crippen molar-refractivity contribution in [2.24, 2.45) is 0 Å². The van der Waals surface area contributed by atoms with Crippen LogP contribution in [0.15, 0.2) is 43.0 Å². The van der Waals surface area contributed by atoms with Gasteiger partial charge in [-0.15, -0.1) is 0 Å². The number of rotatable bonds is 6. The summed E-state index contributed by atoms with van der Waals surface area (Å²) in [5, 5.41) is 38.9. The van der Waals surface area contributed by atoms with Gasteiger partial charge in [-0.2, -0.15) is 15.5 Å². The number of aliphatic hydroxyl groups is 2. The van der Waals surface area contributed by atoms with Crippen LogP contribution >= 0.6 is 11.6 Å². The van der Waals surface area contributed by atoms with Gasteiger partial charge in [-0.1, -0.05) is 11.6 Å². The lowest BCUT2D eigenvalue weighted by molar-refractivity contribution is 0.0427. The van der Waals surface area contributed by atoms with Crippen molar-refractivity contribution in [3.05, 3.63) is 65.2 Å². The summed E-state index contributed by atoms with van der Waals surface area (Å²) in [5.41, 5.74) is 3.22. The summed E-state index contributed by atoms with van der Waals surface area (Å²) in [6, 6.07) is 4.22. The zero-order chi connectivity index (χ0) is 25.4. The number of nitriles is 1. The molecule has 0 unspecified atom stereocenters. The number of aliphatic hydroxyl groups excluding tert-OH is 2. The number of likely N-dealkylation sites (tertiary alicyclic amines) is 1. The fraction of sp³-hybridized carbons (Fsp3) is 0.333. The molecule has 186 valence electrons. The second-order valence-electron chi connectivity index (χ2n) is 8.63. The van der Waals surface area contributed by atoms with E-state index in [1.807, 2.05) is 6.92 Å². The molecule has 4 aromatic rings. The first kappa shape index (κ1) is 24.0. The van der Waals surface area contributed by atoms with Gasteiger partial charge in [0.25, 0.3) is 0 Å². The van der Waals surface area contributed by atoms with Crippen LogP contribution in [0.3, 0.4) is 0 Å². The Morgan fingerprint density at radius 2 is 2.14 bits per heavy atom. The zero-order valence-electron chi connectivity index (χ0n) is 19.3. The number of hydrogen-bond acceptors (Lipinski definition) is 8. The molecular weight excluding hydrogens is 489 g/mol. The number of hydrogen-bond donors (Lipinski definition) is 2. The van der Waals surface area contributed by atoms with Gasteiger partial charge in [0.15, 0.2) is 12.3 Å². The Labute approximate surface area is 210 Å². The number of nitrogens with zero attached hydrogens (tertiary/aromatic N) is 7. The van der Waals surface area contributed by atoms with E-state index in [2.05, 4.69) is 21.4 Å². The number of β-amino-alcohol motifs (C(OH)–C–C–N with tert-alkyl or cyclic N) is 1. The molecule has 5 heterocycles. The predicted molar refractivity (Wildman–Crippen MR) is 128 cm³/mol. The maximum atomic E-state index is 13.3. The Morgan fingerprint density at radius 1 is 1.31 bits per heavy atom. The summed E-state index contributed by atoms with van der Waals surface area (Å²) in [5.74, 6) is -0.135. The quantitative estimate of drug-likeness (QED) is 0.379. The monoisotopic (exact) mass is 511 g/mol. The van der Waals surface area contributed by atoms with Crippen LogP contribution in [0.2, 0.25) is 5.02 Å². The Balaban J connectivity index is 1.52. The molecule has 10 nitrogen and oxygen atoms in total. The maximum absolute atomic E-state index is 13.3. The fourth-order valence-electron chi connectivity index (χ4n) is 4.54. The van der Waals surface area contributed by atoms with E-state index in [0.29, 0.717) is 34.9 Å². The largest absolute Gasteiger partial charge is 0.479 e. The number of piperidine rings is 1. The highest BCUT2D eigenvalue weighted by molar-refractivity contribution is 6.34. The van der Waals surface area contributed by atoms with Crippen LogP contribution in [-0.4, -0.2) is 65.3 Å². The van der Waals surface area contributed by atoms with Crippen molar-refractivity contribution in [3.8, 4) is 23.1 Å². The van der Waals surface area contributed by atoms with Crippen molar-refractivity contribution in [2.45, 2.75) is 31.6 Å². The number of fused-ring (bicyclic) bond motifs is 1. The van der Waals surface area contributed by atoms with Crippen molar-refractivity contribution in [3.63, 3.8) is 0 Å². The lowest BCUT2D eigenvalue weighted by Crippen LogP contribution is -2.42. The number of ether oxygens (including phenoxy) is 1. The molecule has 0 amide bonds. The number of halogens is 2. The third kappa shape index (κ3) is 4.35. The smallest absolute Gasteiger partial charge is 0.179 e. The normalized spacial score (nSPS) is 18.8. The van der Waals surface area contributed by atoms with Crippen LogP contribution in [0, 0.1) is 24.2 Å². The van der Waals surface area contributed by atoms with Crippen molar-refractivity contribution in [1.29, 1.82) is 5.26 Å². The predicted octanol–water partition coefficient (Wildman–Crippen LogP) is 2.89. The second-order valence-corrected chi connectivity index (χ2v) is 9.03. The molecule has 1 fully saturated rings. The summed E-state index contributed by atoms with van der Waals surface area (Å²) in [6.45, 7) is 2.32. The van der Waals surface area contributed by atoms with Crippen LogP contribution in [0.5, 0.6) is 5.75 Å². The standard InChI is InChI=1S/C24H23ClFN7O3/c1-14-17(8-30-33(14)20-4-5-31(13-27)11-21(20)35)15-6-22(24-18(25)9-29-32(24)10-15)36-23(12-34)19-3-2-16(26)7-28-19/h2-3,6-10,20-21,23,34-35H,4-5,11-12H2,1H3/t20-,21-,23+/m0/s1. The molecule has 0 aromatic carbocycles. The SMILES string of the molecule is Cc1c(-c2cc(O[C@H](CO)c3ccc(F)cn3)c3c(Cl)cnn3c2)cnn1[C@H]1CCN(C#N)C[C@@H]1O. The van der Waals surface area contributed by atoms with Gasteiger partial charge in [-0.25, -0.2) is 8.91 Å². The Kier molecular flexibility index (Phi) is 6.49. The average Bonchev–Trinajstić information content (AvgIpc) is 3.45. The Morgan fingerprint density at radius 3 is 2.83 bits per heavy atom. The highest BCUT2D eigenvalue weighted by Gasteiger charge is 2.31. The van der Waals surface area contributed by atoms with E-state index in [1.165, 1.54) is 23.2 Å². The molecule has 0 bridgehead atoms. The van der Waals surface area contributed by atoms with Gasteiger partial charge in [0, 0.05) is 29.6 Å².